The molecule has 0 heterocycles. The van der Waals surface area contributed by atoms with Crippen LogP contribution in [0.15, 0.2) is 18.2 Å². The van der Waals surface area contributed by atoms with Crippen LogP contribution in [-0.2, 0) is 9.59 Å². The lowest BCUT2D eigenvalue weighted by Gasteiger charge is -2.24. The molecule has 146 valence electrons. The minimum absolute atomic E-state index is 0.0784. The summed E-state index contributed by atoms with van der Waals surface area (Å²) in [5.74, 6) is 0.642. The molecule has 0 aliphatic carbocycles. The molecule has 0 spiro atoms. The number of rotatable bonds is 9. The normalized spacial score (nSPS) is 11.3. The van der Waals surface area contributed by atoms with Crippen molar-refractivity contribution >= 4 is 11.8 Å². The molecular weight excluding hydrogens is 330 g/mol. The highest BCUT2D eigenvalue weighted by molar-refractivity contribution is 5.81. The molecule has 1 aromatic rings. The van der Waals surface area contributed by atoms with E-state index in [9.17, 15) is 9.59 Å². The molecule has 0 aromatic heterocycles. The molecule has 0 atom stereocenters. The number of hydrogen-bond donors (Lipinski definition) is 2. The average molecular weight is 364 g/mol. The lowest BCUT2D eigenvalue weighted by Crippen LogP contribution is -2.48. The van der Waals surface area contributed by atoms with Gasteiger partial charge >= 0.3 is 0 Å². The highest BCUT2D eigenvalue weighted by Crippen LogP contribution is 2.18. The van der Waals surface area contributed by atoms with Crippen molar-refractivity contribution in [2.45, 2.75) is 47.1 Å². The molecule has 2 N–H and O–H groups in total. The maximum absolute atomic E-state index is 12.1. The molecule has 0 fully saturated rings. The lowest BCUT2D eigenvalue weighted by atomic mass is 10.1. The van der Waals surface area contributed by atoms with Gasteiger partial charge in [-0.15, -0.1) is 0 Å². The van der Waals surface area contributed by atoms with Crippen LogP contribution in [0.3, 0.4) is 0 Å². The van der Waals surface area contributed by atoms with Gasteiger partial charge in [-0.3, -0.25) is 14.5 Å². The van der Waals surface area contributed by atoms with Crippen molar-refractivity contribution in [1.29, 1.82) is 0 Å². The molecule has 0 aliphatic heterocycles. The Morgan fingerprint density at radius 1 is 1.12 bits per heavy atom. The fourth-order valence-corrected chi connectivity index (χ4v) is 2.51. The van der Waals surface area contributed by atoms with Crippen LogP contribution >= 0.6 is 0 Å². The smallest absolute Gasteiger partial charge is 0.234 e. The maximum atomic E-state index is 12.1. The van der Waals surface area contributed by atoms with Gasteiger partial charge in [0.2, 0.25) is 11.8 Å². The maximum Gasteiger partial charge on any atom is 0.234 e. The fourth-order valence-electron chi connectivity index (χ4n) is 2.51. The summed E-state index contributed by atoms with van der Waals surface area (Å²) in [5.41, 5.74) is 2.00. The van der Waals surface area contributed by atoms with E-state index in [0.29, 0.717) is 19.7 Å². The van der Waals surface area contributed by atoms with Crippen LogP contribution in [0.5, 0.6) is 5.75 Å². The number of aryl methyl sites for hydroxylation is 2. The van der Waals surface area contributed by atoms with E-state index in [1.54, 1.807) is 4.90 Å². The molecule has 1 rings (SSSR count). The van der Waals surface area contributed by atoms with E-state index >= 15 is 0 Å². The Balaban J connectivity index is 2.32. The van der Waals surface area contributed by atoms with E-state index in [1.807, 2.05) is 53.7 Å². The zero-order chi connectivity index (χ0) is 19.7. The van der Waals surface area contributed by atoms with Crippen LogP contribution in [0.1, 0.15) is 38.8 Å². The van der Waals surface area contributed by atoms with E-state index in [1.165, 1.54) is 5.56 Å². The highest BCUT2D eigenvalue weighted by Gasteiger charge is 2.17. The number of amides is 2. The molecule has 2 amide bonds. The summed E-state index contributed by atoms with van der Waals surface area (Å²) >= 11 is 0. The van der Waals surface area contributed by atoms with Crippen LogP contribution in [-0.4, -0.2) is 55.0 Å². The topological polar surface area (TPSA) is 70.7 Å². The van der Waals surface area contributed by atoms with Crippen molar-refractivity contribution in [3.63, 3.8) is 0 Å². The van der Waals surface area contributed by atoms with Crippen molar-refractivity contribution in [3.8, 4) is 5.75 Å². The lowest BCUT2D eigenvalue weighted by molar-refractivity contribution is -0.125. The summed E-state index contributed by atoms with van der Waals surface area (Å²) in [7, 11) is 0. The van der Waals surface area contributed by atoms with E-state index in [4.69, 9.17) is 4.74 Å². The third kappa shape index (κ3) is 8.85. The quantitative estimate of drug-likeness (QED) is 0.659. The van der Waals surface area contributed by atoms with Gasteiger partial charge in [-0.2, -0.15) is 0 Å². The van der Waals surface area contributed by atoms with Gasteiger partial charge in [0.25, 0.3) is 0 Å². The second-order valence-corrected chi connectivity index (χ2v) is 7.57. The number of hydrogen-bond acceptors (Lipinski definition) is 4. The third-order valence-corrected chi connectivity index (χ3v) is 3.71. The van der Waals surface area contributed by atoms with Gasteiger partial charge in [-0.1, -0.05) is 24.6 Å². The molecule has 6 nitrogen and oxygen atoms in total. The van der Waals surface area contributed by atoms with E-state index in [0.717, 1.165) is 11.3 Å². The monoisotopic (exact) mass is 363 g/mol. The van der Waals surface area contributed by atoms with Gasteiger partial charge in [-0.25, -0.2) is 0 Å². The summed E-state index contributed by atoms with van der Waals surface area (Å²) in [6, 6.07) is 6.01. The van der Waals surface area contributed by atoms with Crippen LogP contribution in [0.4, 0.5) is 0 Å². The van der Waals surface area contributed by atoms with Crippen LogP contribution in [0.2, 0.25) is 0 Å². The largest absolute Gasteiger partial charge is 0.491 e. The third-order valence-electron chi connectivity index (χ3n) is 3.71. The minimum Gasteiger partial charge on any atom is -0.491 e. The first-order chi connectivity index (χ1) is 12.1. The Morgan fingerprint density at radius 3 is 2.35 bits per heavy atom. The SMILES string of the molecule is CCN(CC(=O)NCCOc1ccc(C)cc1C)CC(=O)NC(C)(C)C. The first-order valence-electron chi connectivity index (χ1n) is 9.11. The first-order valence-corrected chi connectivity index (χ1v) is 9.11. The summed E-state index contributed by atoms with van der Waals surface area (Å²) in [4.78, 5) is 25.8. The predicted octanol–water partition coefficient (Wildman–Crippen LogP) is 2.04. The molecule has 0 bridgehead atoms. The summed E-state index contributed by atoms with van der Waals surface area (Å²) in [6.07, 6.45) is 0. The van der Waals surface area contributed by atoms with Crippen molar-refractivity contribution in [1.82, 2.24) is 15.5 Å². The standard InChI is InChI=1S/C20H33N3O3/c1-7-23(14-19(25)22-20(4,5)6)13-18(24)21-10-11-26-17-9-8-15(2)12-16(17)3/h8-9,12H,7,10-11,13-14H2,1-6H3,(H,21,24)(H,22,25). The van der Waals surface area contributed by atoms with Crippen molar-refractivity contribution < 1.29 is 14.3 Å². The predicted molar refractivity (Wildman–Crippen MR) is 104 cm³/mol. The molecule has 0 radical (unpaired) electrons. The van der Waals surface area contributed by atoms with Crippen LogP contribution < -0.4 is 15.4 Å². The second kappa shape index (κ2) is 10.2. The number of ether oxygens (including phenoxy) is 1. The zero-order valence-corrected chi connectivity index (χ0v) is 16.9. The number of likely N-dealkylation sites (N-methyl/N-ethyl adjacent to an activating group) is 1. The Bertz CT molecular complexity index is 609. The molecular formula is C20H33N3O3. The molecule has 0 unspecified atom stereocenters. The van der Waals surface area contributed by atoms with Crippen molar-refractivity contribution in [2.75, 3.05) is 32.8 Å². The van der Waals surface area contributed by atoms with Gasteiger partial charge < -0.3 is 15.4 Å². The van der Waals surface area contributed by atoms with Gasteiger partial charge in [0.15, 0.2) is 0 Å². The molecule has 1 aromatic carbocycles. The number of carbonyl (C=O) groups excluding carboxylic acids is 2. The zero-order valence-electron chi connectivity index (χ0n) is 16.9. The first kappa shape index (κ1) is 22.0. The van der Waals surface area contributed by atoms with Crippen molar-refractivity contribution in [3.05, 3.63) is 29.3 Å². The fraction of sp³-hybridized carbons (Fsp3) is 0.600. The average Bonchev–Trinajstić information content (AvgIpc) is 2.50. The van der Waals surface area contributed by atoms with E-state index in [2.05, 4.69) is 16.7 Å². The highest BCUT2D eigenvalue weighted by atomic mass is 16.5. The van der Waals surface area contributed by atoms with Crippen molar-refractivity contribution in [2.24, 2.45) is 0 Å². The summed E-state index contributed by atoms with van der Waals surface area (Å²) < 4.78 is 5.70. The Labute approximate surface area is 157 Å². The van der Waals surface area contributed by atoms with E-state index in [-0.39, 0.29) is 30.4 Å². The van der Waals surface area contributed by atoms with E-state index < -0.39 is 0 Å². The summed E-state index contributed by atoms with van der Waals surface area (Å²) in [5, 5.41) is 5.74. The Kier molecular flexibility index (Phi) is 8.58. The number of nitrogens with one attached hydrogen (secondary N) is 2. The molecule has 0 aliphatic rings. The number of benzene rings is 1. The number of carbonyl (C=O) groups is 2. The van der Waals surface area contributed by atoms with Gasteiger partial charge in [0.05, 0.1) is 19.6 Å². The Morgan fingerprint density at radius 2 is 1.77 bits per heavy atom. The van der Waals surface area contributed by atoms with Crippen LogP contribution in [0.25, 0.3) is 0 Å². The Hall–Kier alpha value is -2.08. The van der Waals surface area contributed by atoms with Gasteiger partial charge in [0.1, 0.15) is 12.4 Å². The van der Waals surface area contributed by atoms with Gasteiger partial charge in [-0.05, 0) is 52.8 Å². The second-order valence-electron chi connectivity index (χ2n) is 7.57. The molecule has 0 saturated carbocycles. The number of nitrogens with zero attached hydrogens (tertiary/aromatic N) is 1. The minimum atomic E-state index is -0.274. The van der Waals surface area contributed by atoms with Crippen LogP contribution in [0, 0.1) is 13.8 Å². The van der Waals surface area contributed by atoms with Gasteiger partial charge in [0, 0.05) is 5.54 Å². The molecule has 6 heteroatoms. The molecule has 26 heavy (non-hydrogen) atoms. The molecule has 0 saturated heterocycles. The summed E-state index contributed by atoms with van der Waals surface area (Å²) in [6.45, 7) is 13.6.